The molecule has 0 aliphatic heterocycles. The van der Waals surface area contributed by atoms with E-state index in [4.69, 9.17) is 14.2 Å². The Morgan fingerprint density at radius 1 is 0.639 bits per heavy atom. The minimum absolute atomic E-state index is 0.439. The van der Waals surface area contributed by atoms with Crippen molar-refractivity contribution in [2.45, 2.75) is 11.8 Å². The van der Waals surface area contributed by atoms with Crippen molar-refractivity contribution in [1.82, 2.24) is 0 Å². The molecule has 3 unspecified atom stereocenters. The monoisotopic (exact) mass is 482 g/mol. The second-order valence-corrected chi connectivity index (χ2v) is 8.82. The molecule has 0 saturated heterocycles. The van der Waals surface area contributed by atoms with Crippen molar-refractivity contribution in [3.05, 3.63) is 102 Å². The molecule has 1 N–H and O–H groups in total. The number of fused-ring (bicyclic) bond motifs is 1. The van der Waals surface area contributed by atoms with Crippen molar-refractivity contribution in [3.8, 4) is 17.2 Å². The highest BCUT2D eigenvalue weighted by Crippen LogP contribution is 2.60. The Bertz CT molecular complexity index is 1370. The van der Waals surface area contributed by atoms with Crippen LogP contribution in [-0.4, -0.2) is 31.3 Å². The Labute approximate surface area is 209 Å². The summed E-state index contributed by atoms with van der Waals surface area (Å²) in [6, 6.07) is 27.7. The maximum Gasteiger partial charge on any atom is 0.315 e. The molecule has 6 nitrogen and oxygen atoms in total. The van der Waals surface area contributed by atoms with Crippen LogP contribution in [0, 0.1) is 11.8 Å². The zero-order valence-electron chi connectivity index (χ0n) is 20.0. The molecule has 1 fully saturated rings. The SMILES string of the molecule is COc1ccccc1C1C(C(=O)O)[C@H](c2ccccc2OC)C1C(=O)Oc1cccc2ccccc12. The first-order chi connectivity index (χ1) is 17.5. The van der Waals surface area contributed by atoms with Gasteiger partial charge in [-0.2, -0.15) is 0 Å². The molecular formula is C30H26O6. The summed E-state index contributed by atoms with van der Waals surface area (Å²) in [5.41, 5.74) is 1.33. The van der Waals surface area contributed by atoms with Gasteiger partial charge in [-0.1, -0.05) is 72.8 Å². The molecule has 1 saturated carbocycles. The van der Waals surface area contributed by atoms with Gasteiger partial charge in [0.2, 0.25) is 0 Å². The number of carboxylic acid groups (broad SMARTS) is 1. The highest BCUT2D eigenvalue weighted by Gasteiger charge is 2.60. The number of hydrogen-bond donors (Lipinski definition) is 1. The van der Waals surface area contributed by atoms with E-state index in [1.54, 1.807) is 18.2 Å². The summed E-state index contributed by atoms with van der Waals surface area (Å²) in [4.78, 5) is 26.5. The Balaban J connectivity index is 1.62. The fourth-order valence-corrected chi connectivity index (χ4v) is 5.47. The highest BCUT2D eigenvalue weighted by atomic mass is 16.5. The van der Waals surface area contributed by atoms with Crippen LogP contribution in [0.5, 0.6) is 17.2 Å². The van der Waals surface area contributed by atoms with Gasteiger partial charge in [-0.15, -0.1) is 0 Å². The fraction of sp³-hybridized carbons (Fsp3) is 0.200. The molecule has 1 aliphatic rings. The first kappa shape index (κ1) is 23.4. The average Bonchev–Trinajstić information content (AvgIpc) is 2.88. The number of esters is 1. The molecule has 0 amide bonds. The quantitative estimate of drug-likeness (QED) is 0.270. The van der Waals surface area contributed by atoms with Crippen molar-refractivity contribution >= 4 is 22.7 Å². The van der Waals surface area contributed by atoms with Crippen molar-refractivity contribution in [2.75, 3.05) is 14.2 Å². The highest BCUT2D eigenvalue weighted by molar-refractivity contribution is 5.92. The first-order valence-corrected chi connectivity index (χ1v) is 11.7. The van der Waals surface area contributed by atoms with Gasteiger partial charge in [0.05, 0.1) is 26.1 Å². The third kappa shape index (κ3) is 3.94. The Kier molecular flexibility index (Phi) is 6.34. The number of carboxylic acids is 1. The largest absolute Gasteiger partial charge is 0.496 e. The lowest BCUT2D eigenvalue weighted by Crippen LogP contribution is -2.52. The molecule has 0 heterocycles. The number of methoxy groups -OCH3 is 2. The number of ether oxygens (including phenoxy) is 3. The first-order valence-electron chi connectivity index (χ1n) is 11.7. The summed E-state index contributed by atoms with van der Waals surface area (Å²) in [6.45, 7) is 0. The molecule has 182 valence electrons. The van der Waals surface area contributed by atoms with Gasteiger partial charge in [-0.25, -0.2) is 0 Å². The second-order valence-electron chi connectivity index (χ2n) is 8.82. The molecule has 4 atom stereocenters. The molecule has 5 rings (SSSR count). The normalized spacial score (nSPS) is 20.8. The van der Waals surface area contributed by atoms with E-state index in [9.17, 15) is 14.7 Å². The molecule has 36 heavy (non-hydrogen) atoms. The standard InChI is InChI=1S/C30H26O6/c1-34-22-15-7-5-13-20(22)25-27(29(31)32)26(21-14-6-8-16-23(21)35-2)28(25)30(33)36-24-17-9-11-18-10-3-4-12-19(18)24/h3-17,25-28H,1-2H3,(H,31,32)/t25-,26?,27?,28?/m0/s1. The number of carbonyl (C=O) groups excluding carboxylic acids is 1. The Morgan fingerprint density at radius 3 is 1.72 bits per heavy atom. The summed E-state index contributed by atoms with van der Waals surface area (Å²) in [6.07, 6.45) is 0. The average molecular weight is 483 g/mol. The zero-order chi connectivity index (χ0) is 25.2. The van der Waals surface area contributed by atoms with Crippen molar-refractivity contribution in [2.24, 2.45) is 11.8 Å². The van der Waals surface area contributed by atoms with E-state index in [2.05, 4.69) is 0 Å². The van der Waals surface area contributed by atoms with E-state index in [1.165, 1.54) is 14.2 Å². The summed E-state index contributed by atoms with van der Waals surface area (Å²) in [5.74, 6) is -2.89. The lowest BCUT2D eigenvalue weighted by molar-refractivity contribution is -0.158. The Hall–Kier alpha value is -4.32. The maximum absolute atomic E-state index is 13.9. The van der Waals surface area contributed by atoms with Crippen LogP contribution < -0.4 is 14.2 Å². The predicted molar refractivity (Wildman–Crippen MR) is 136 cm³/mol. The van der Waals surface area contributed by atoms with Gasteiger partial charge in [0.15, 0.2) is 0 Å². The third-order valence-electron chi connectivity index (χ3n) is 7.06. The maximum atomic E-state index is 13.9. The van der Waals surface area contributed by atoms with Crippen LogP contribution in [0.2, 0.25) is 0 Å². The molecular weight excluding hydrogens is 456 g/mol. The summed E-state index contributed by atoms with van der Waals surface area (Å²) in [5, 5.41) is 12.1. The molecule has 0 spiro atoms. The lowest BCUT2D eigenvalue weighted by Gasteiger charge is -2.49. The minimum Gasteiger partial charge on any atom is -0.496 e. The number of benzene rings is 4. The van der Waals surface area contributed by atoms with Crippen molar-refractivity contribution in [3.63, 3.8) is 0 Å². The van der Waals surface area contributed by atoms with E-state index in [0.29, 0.717) is 28.4 Å². The van der Waals surface area contributed by atoms with Crippen LogP contribution in [0.3, 0.4) is 0 Å². The van der Waals surface area contributed by atoms with Crippen LogP contribution in [0.25, 0.3) is 10.8 Å². The minimum atomic E-state index is -0.990. The van der Waals surface area contributed by atoms with Gasteiger partial charge >= 0.3 is 11.9 Å². The second kappa shape index (κ2) is 9.74. The number of carbonyl (C=O) groups is 2. The van der Waals surface area contributed by atoms with Gasteiger partial charge in [0, 0.05) is 17.2 Å². The Morgan fingerprint density at radius 2 is 1.14 bits per heavy atom. The topological polar surface area (TPSA) is 82.1 Å². The van der Waals surface area contributed by atoms with Crippen LogP contribution in [0.4, 0.5) is 0 Å². The van der Waals surface area contributed by atoms with Gasteiger partial charge in [-0.3, -0.25) is 9.59 Å². The van der Waals surface area contributed by atoms with Crippen LogP contribution in [-0.2, 0) is 9.59 Å². The molecule has 4 aromatic carbocycles. The summed E-state index contributed by atoms with van der Waals surface area (Å²) >= 11 is 0. The van der Waals surface area contributed by atoms with Gasteiger partial charge in [-0.05, 0) is 34.7 Å². The van der Waals surface area contributed by atoms with E-state index in [1.807, 2.05) is 72.8 Å². The third-order valence-corrected chi connectivity index (χ3v) is 7.06. The number of para-hydroxylation sites is 2. The predicted octanol–water partition coefficient (Wildman–Crippen LogP) is 5.66. The number of hydrogen-bond acceptors (Lipinski definition) is 5. The van der Waals surface area contributed by atoms with Gasteiger partial charge in [0.1, 0.15) is 17.2 Å². The molecule has 4 aromatic rings. The van der Waals surface area contributed by atoms with E-state index in [-0.39, 0.29) is 0 Å². The van der Waals surface area contributed by atoms with Crippen LogP contribution in [0.15, 0.2) is 91.0 Å². The number of aliphatic carboxylic acids is 1. The summed E-state index contributed by atoms with van der Waals surface area (Å²) in [7, 11) is 3.07. The van der Waals surface area contributed by atoms with Gasteiger partial charge in [0.25, 0.3) is 0 Å². The van der Waals surface area contributed by atoms with Crippen LogP contribution in [0.1, 0.15) is 23.0 Å². The van der Waals surface area contributed by atoms with E-state index in [0.717, 1.165) is 10.8 Å². The zero-order valence-corrected chi connectivity index (χ0v) is 20.0. The molecule has 6 heteroatoms. The summed E-state index contributed by atoms with van der Waals surface area (Å²) < 4.78 is 17.1. The molecule has 0 aromatic heterocycles. The molecule has 0 bridgehead atoms. The van der Waals surface area contributed by atoms with E-state index >= 15 is 0 Å². The van der Waals surface area contributed by atoms with E-state index < -0.39 is 35.6 Å². The smallest absolute Gasteiger partial charge is 0.315 e. The molecule has 0 radical (unpaired) electrons. The fourth-order valence-electron chi connectivity index (χ4n) is 5.47. The molecule has 1 aliphatic carbocycles. The van der Waals surface area contributed by atoms with Gasteiger partial charge < -0.3 is 19.3 Å². The number of rotatable bonds is 7. The van der Waals surface area contributed by atoms with Crippen molar-refractivity contribution in [1.29, 1.82) is 0 Å². The van der Waals surface area contributed by atoms with Crippen LogP contribution >= 0.6 is 0 Å². The lowest BCUT2D eigenvalue weighted by atomic mass is 9.52. The van der Waals surface area contributed by atoms with Crippen molar-refractivity contribution < 1.29 is 28.9 Å².